The first kappa shape index (κ1) is 14.9. The van der Waals surface area contributed by atoms with E-state index in [0.717, 1.165) is 12.2 Å². The van der Waals surface area contributed by atoms with Crippen molar-refractivity contribution in [2.24, 2.45) is 0 Å². The lowest BCUT2D eigenvalue weighted by Gasteiger charge is -2.16. The second-order valence-electron chi connectivity index (χ2n) is 4.84. The largest absolute Gasteiger partial charge is 0.466 e. The number of amides is 1. The number of rotatable bonds is 5. The van der Waals surface area contributed by atoms with Crippen LogP contribution in [0.25, 0.3) is 0 Å². The number of halogens is 1. The topological polar surface area (TPSA) is 42.2 Å². The Hall–Kier alpha value is -1.55. The first-order valence-electron chi connectivity index (χ1n) is 6.58. The average molecular weight is 336 g/mol. The number of nitrogens with one attached hydrogen (secondary N) is 1. The normalized spacial score (nSPS) is 12.2. The van der Waals surface area contributed by atoms with Gasteiger partial charge in [-0.15, -0.1) is 0 Å². The molecule has 0 bridgehead atoms. The van der Waals surface area contributed by atoms with E-state index in [4.69, 9.17) is 4.42 Å². The molecule has 1 atom stereocenters. The van der Waals surface area contributed by atoms with Gasteiger partial charge in [-0.2, -0.15) is 0 Å². The minimum atomic E-state index is -0.0836. The van der Waals surface area contributed by atoms with Crippen molar-refractivity contribution in [1.82, 2.24) is 5.32 Å². The van der Waals surface area contributed by atoms with Crippen LogP contribution in [-0.2, 0) is 6.42 Å². The Labute approximate surface area is 127 Å². The van der Waals surface area contributed by atoms with Crippen molar-refractivity contribution in [1.29, 1.82) is 0 Å². The molecule has 0 spiro atoms. The van der Waals surface area contributed by atoms with Crippen molar-refractivity contribution in [3.63, 3.8) is 0 Å². The molecule has 0 aliphatic heterocycles. The first-order valence-corrected chi connectivity index (χ1v) is 7.70. The Kier molecular flexibility index (Phi) is 5.01. The van der Waals surface area contributed by atoms with E-state index in [0.29, 0.717) is 16.7 Å². The summed E-state index contributed by atoms with van der Waals surface area (Å²) < 4.78 is 5.40. The molecule has 1 heterocycles. The standard InChI is InChI=1S/C16H18BrNO2/c1-11-8-15(12(2)20-11)16(19)18-14(10-17)9-13-6-4-3-5-7-13/h3-8,14H,9-10H2,1-2H3,(H,18,19). The molecule has 1 aromatic carbocycles. The third-order valence-corrected chi connectivity index (χ3v) is 3.91. The zero-order valence-corrected chi connectivity index (χ0v) is 13.2. The summed E-state index contributed by atoms with van der Waals surface area (Å²) in [5, 5.41) is 3.75. The molecule has 0 aliphatic rings. The fraction of sp³-hybridized carbons (Fsp3) is 0.312. The van der Waals surface area contributed by atoms with Crippen LogP contribution in [0.5, 0.6) is 0 Å². The highest BCUT2D eigenvalue weighted by Gasteiger charge is 2.17. The van der Waals surface area contributed by atoms with Crippen LogP contribution in [0.3, 0.4) is 0 Å². The minimum Gasteiger partial charge on any atom is -0.466 e. The monoisotopic (exact) mass is 335 g/mol. The number of alkyl halides is 1. The number of carbonyl (C=O) groups is 1. The van der Waals surface area contributed by atoms with Crippen LogP contribution in [0.2, 0.25) is 0 Å². The number of hydrogen-bond acceptors (Lipinski definition) is 2. The van der Waals surface area contributed by atoms with E-state index in [9.17, 15) is 4.79 Å². The van der Waals surface area contributed by atoms with Crippen molar-refractivity contribution in [2.75, 3.05) is 5.33 Å². The van der Waals surface area contributed by atoms with Gasteiger partial charge in [-0.3, -0.25) is 4.79 Å². The number of aryl methyl sites for hydroxylation is 2. The van der Waals surface area contributed by atoms with Gasteiger partial charge in [0.25, 0.3) is 5.91 Å². The van der Waals surface area contributed by atoms with Crippen molar-refractivity contribution < 1.29 is 9.21 Å². The van der Waals surface area contributed by atoms with Crippen LogP contribution < -0.4 is 5.32 Å². The fourth-order valence-corrected chi connectivity index (χ4v) is 2.55. The summed E-state index contributed by atoms with van der Waals surface area (Å²) in [7, 11) is 0. The van der Waals surface area contributed by atoms with Gasteiger partial charge >= 0.3 is 0 Å². The summed E-state index contributed by atoms with van der Waals surface area (Å²) in [6.45, 7) is 3.65. The third kappa shape index (κ3) is 3.73. The lowest BCUT2D eigenvalue weighted by atomic mass is 10.1. The predicted octanol–water partition coefficient (Wildman–Crippen LogP) is 3.63. The summed E-state index contributed by atoms with van der Waals surface area (Å²) >= 11 is 3.46. The van der Waals surface area contributed by atoms with E-state index < -0.39 is 0 Å². The second-order valence-corrected chi connectivity index (χ2v) is 5.49. The van der Waals surface area contributed by atoms with Gasteiger partial charge in [0.05, 0.1) is 5.56 Å². The van der Waals surface area contributed by atoms with E-state index in [1.54, 1.807) is 6.07 Å². The van der Waals surface area contributed by atoms with Crippen molar-refractivity contribution >= 4 is 21.8 Å². The number of hydrogen-bond donors (Lipinski definition) is 1. The Morgan fingerprint density at radius 2 is 2.00 bits per heavy atom. The van der Waals surface area contributed by atoms with Gasteiger partial charge in [-0.25, -0.2) is 0 Å². The number of benzene rings is 1. The molecule has 3 nitrogen and oxygen atoms in total. The fourth-order valence-electron chi connectivity index (χ4n) is 2.16. The Morgan fingerprint density at radius 1 is 1.30 bits per heavy atom. The van der Waals surface area contributed by atoms with Gasteiger partial charge in [0, 0.05) is 11.4 Å². The van der Waals surface area contributed by atoms with Gasteiger partial charge in [-0.1, -0.05) is 46.3 Å². The quantitative estimate of drug-likeness (QED) is 0.847. The molecule has 106 valence electrons. The molecule has 2 rings (SSSR count). The molecular weight excluding hydrogens is 318 g/mol. The maximum absolute atomic E-state index is 12.2. The second kappa shape index (κ2) is 6.75. The number of carbonyl (C=O) groups excluding carboxylic acids is 1. The van der Waals surface area contributed by atoms with Crippen LogP contribution in [0.4, 0.5) is 0 Å². The van der Waals surface area contributed by atoms with E-state index in [1.165, 1.54) is 5.56 Å². The van der Waals surface area contributed by atoms with Gasteiger partial charge < -0.3 is 9.73 Å². The van der Waals surface area contributed by atoms with Gasteiger partial charge in [0.1, 0.15) is 11.5 Å². The molecule has 1 aromatic heterocycles. The maximum atomic E-state index is 12.2. The van der Waals surface area contributed by atoms with Crippen molar-refractivity contribution in [2.45, 2.75) is 26.3 Å². The summed E-state index contributed by atoms with van der Waals surface area (Å²) in [5.41, 5.74) is 1.82. The van der Waals surface area contributed by atoms with Gasteiger partial charge in [0.2, 0.25) is 0 Å². The van der Waals surface area contributed by atoms with E-state index in [2.05, 4.69) is 33.4 Å². The molecule has 0 radical (unpaired) electrons. The Bertz CT molecular complexity index is 577. The van der Waals surface area contributed by atoms with Crippen molar-refractivity contribution in [3.8, 4) is 0 Å². The molecule has 20 heavy (non-hydrogen) atoms. The molecule has 0 saturated carbocycles. The predicted molar refractivity (Wildman–Crippen MR) is 83.4 cm³/mol. The molecule has 2 aromatic rings. The van der Waals surface area contributed by atoms with E-state index in [-0.39, 0.29) is 11.9 Å². The molecular formula is C16H18BrNO2. The molecule has 0 fully saturated rings. The van der Waals surface area contributed by atoms with E-state index in [1.807, 2.05) is 32.0 Å². The molecule has 1 amide bonds. The summed E-state index contributed by atoms with van der Waals surface area (Å²) in [6, 6.07) is 12.0. The zero-order chi connectivity index (χ0) is 14.5. The molecule has 1 N–H and O–H groups in total. The SMILES string of the molecule is Cc1cc(C(=O)NC(CBr)Cc2ccccc2)c(C)o1. The molecule has 0 aliphatic carbocycles. The van der Waals surface area contributed by atoms with Crippen LogP contribution in [0, 0.1) is 13.8 Å². The smallest absolute Gasteiger partial charge is 0.255 e. The highest BCUT2D eigenvalue weighted by molar-refractivity contribution is 9.09. The van der Waals surface area contributed by atoms with Gasteiger partial charge in [0.15, 0.2) is 0 Å². The molecule has 4 heteroatoms. The third-order valence-electron chi connectivity index (χ3n) is 3.13. The summed E-state index contributed by atoms with van der Waals surface area (Å²) in [4.78, 5) is 12.2. The summed E-state index contributed by atoms with van der Waals surface area (Å²) in [6.07, 6.45) is 0.799. The van der Waals surface area contributed by atoms with Crippen LogP contribution in [-0.4, -0.2) is 17.3 Å². The van der Waals surface area contributed by atoms with Crippen molar-refractivity contribution in [3.05, 3.63) is 59.0 Å². The maximum Gasteiger partial charge on any atom is 0.255 e. The number of furan rings is 1. The first-order chi connectivity index (χ1) is 9.60. The Morgan fingerprint density at radius 3 is 2.55 bits per heavy atom. The lowest BCUT2D eigenvalue weighted by Crippen LogP contribution is -2.37. The highest BCUT2D eigenvalue weighted by Crippen LogP contribution is 2.14. The highest BCUT2D eigenvalue weighted by atomic mass is 79.9. The van der Waals surface area contributed by atoms with Crippen LogP contribution >= 0.6 is 15.9 Å². The van der Waals surface area contributed by atoms with E-state index >= 15 is 0 Å². The Balaban J connectivity index is 2.03. The zero-order valence-electron chi connectivity index (χ0n) is 11.7. The average Bonchev–Trinajstić information content (AvgIpc) is 2.78. The molecule has 1 unspecified atom stereocenters. The summed E-state index contributed by atoms with van der Waals surface area (Å²) in [5.74, 6) is 1.33. The lowest BCUT2D eigenvalue weighted by molar-refractivity contribution is 0.0939. The van der Waals surface area contributed by atoms with Crippen LogP contribution in [0.1, 0.15) is 27.4 Å². The van der Waals surface area contributed by atoms with Crippen LogP contribution in [0.15, 0.2) is 40.8 Å². The van der Waals surface area contributed by atoms with Gasteiger partial charge in [-0.05, 0) is 31.9 Å². The molecule has 0 saturated heterocycles. The minimum absolute atomic E-state index is 0.0551.